The lowest BCUT2D eigenvalue weighted by atomic mass is 9.43. The lowest BCUT2D eigenvalue weighted by Crippen LogP contribution is -2.59. The number of carbonyl (C=O) groups is 4. The quantitative estimate of drug-likeness (QED) is 0.0700. The predicted molar refractivity (Wildman–Crippen MR) is 162 cm³/mol. The maximum absolute atomic E-state index is 12.4. The summed E-state index contributed by atoms with van der Waals surface area (Å²) in [5, 5.41) is 20.8. The third kappa shape index (κ3) is 7.97. The summed E-state index contributed by atoms with van der Waals surface area (Å²) in [6, 6.07) is 0. The Bertz CT molecular complexity index is 1190. The largest absolute Gasteiger partial charge is 0.510 e. The Hall–Kier alpha value is -2.05. The molecule has 0 bridgehead atoms. The molecule has 4 saturated carbocycles. The molecule has 4 aliphatic rings. The normalized spacial score (nSPS) is 36.7. The molecule has 0 aliphatic heterocycles. The van der Waals surface area contributed by atoms with E-state index in [1.807, 2.05) is 0 Å². The number of rotatable bonds is 13. The minimum atomic E-state index is -4.78. The minimum Gasteiger partial charge on any atom is -0.481 e. The van der Waals surface area contributed by atoms with E-state index in [-0.39, 0.29) is 28.8 Å². The number of carboxylic acid groups (broad SMARTS) is 1. The van der Waals surface area contributed by atoms with Crippen LogP contribution in [-0.2, 0) is 37.9 Å². The monoisotopic (exact) mass is 674 g/mol. The van der Waals surface area contributed by atoms with Crippen molar-refractivity contribution in [2.45, 2.75) is 104 Å². The zero-order valence-corrected chi connectivity index (χ0v) is 28.2. The van der Waals surface area contributed by atoms with Crippen molar-refractivity contribution in [3.8, 4) is 0 Å². The van der Waals surface area contributed by atoms with Gasteiger partial charge in [-0.2, -0.15) is 0 Å². The number of aliphatic hydroxyl groups excluding tert-OH is 1. The first-order valence-electron chi connectivity index (χ1n) is 16.5. The van der Waals surface area contributed by atoms with Crippen molar-refractivity contribution < 1.29 is 62.7 Å². The summed E-state index contributed by atoms with van der Waals surface area (Å²) in [6.07, 6.45) is 5.97. The van der Waals surface area contributed by atoms with Crippen molar-refractivity contribution in [3.63, 3.8) is 0 Å². The first-order valence-corrected chi connectivity index (χ1v) is 18.3. The minimum absolute atomic E-state index is 0.0356. The molecule has 0 aromatic rings. The second-order valence-corrected chi connectivity index (χ2v) is 16.4. The number of ketones is 1. The van der Waals surface area contributed by atoms with Crippen LogP contribution >= 0.6 is 7.60 Å². The summed E-state index contributed by atoms with van der Waals surface area (Å²) in [5.41, 5.74) is -0.0974. The van der Waals surface area contributed by atoms with Gasteiger partial charge in [0.1, 0.15) is 11.9 Å². The summed E-state index contributed by atoms with van der Waals surface area (Å²) in [7, 11) is -4.78. The maximum atomic E-state index is 12.4. The molecule has 11 atom stereocenters. The summed E-state index contributed by atoms with van der Waals surface area (Å²) in [4.78, 5) is 64.9. The number of esters is 1. The first kappa shape index (κ1) is 36.8. The number of hydrogen-bond acceptors (Lipinski definition) is 10. The molecule has 14 heteroatoms. The van der Waals surface area contributed by atoms with Crippen molar-refractivity contribution in [1.29, 1.82) is 0 Å². The van der Waals surface area contributed by atoms with E-state index in [9.17, 15) is 28.8 Å². The van der Waals surface area contributed by atoms with Crippen LogP contribution in [0.5, 0.6) is 0 Å². The van der Waals surface area contributed by atoms with Crippen molar-refractivity contribution in [2.75, 3.05) is 19.7 Å². The first-order chi connectivity index (χ1) is 21.5. The molecular weight excluding hydrogens is 623 g/mol. The molecule has 0 spiro atoms. The molecule has 4 rings (SSSR count). The molecule has 0 radical (unpaired) electrons. The van der Waals surface area contributed by atoms with Crippen LogP contribution < -0.4 is 0 Å². The van der Waals surface area contributed by atoms with Crippen molar-refractivity contribution in [2.24, 2.45) is 52.3 Å². The van der Waals surface area contributed by atoms with Gasteiger partial charge in [-0.15, -0.1) is 0 Å². The fourth-order valence-electron chi connectivity index (χ4n) is 9.87. The lowest BCUT2D eigenvalue weighted by Gasteiger charge is -2.62. The Morgan fingerprint density at radius 2 is 1.65 bits per heavy atom. The summed E-state index contributed by atoms with van der Waals surface area (Å²) >= 11 is 0. The van der Waals surface area contributed by atoms with Crippen LogP contribution in [-0.4, -0.2) is 75.8 Å². The van der Waals surface area contributed by atoms with Crippen molar-refractivity contribution in [1.82, 2.24) is 0 Å². The van der Waals surface area contributed by atoms with Gasteiger partial charge in [0.15, 0.2) is 19.5 Å². The summed E-state index contributed by atoms with van der Waals surface area (Å²) in [5.74, 6) is -2.41. The second kappa shape index (κ2) is 14.6. The standard InChI is InChI=1S/C32H51O13P/c1-18(5-6-19(2)33)24-9-10-25-22-8-7-20-13-21(11-12-31(20,3)26(22)14-27(34)32(24,25)4)45-30(38)44-17-42-16-43-29(37)23(28(35)36)15-46(39,40)41/h18,20-27,34H,5-17H2,1-4H3,(H,35,36)(H2,39,40,41)/t18-,20-,21-,22?,23?,24?,25?,26?,27+,31+,32-/m1/s1. The van der Waals surface area contributed by atoms with Gasteiger partial charge >= 0.3 is 25.7 Å². The van der Waals surface area contributed by atoms with Gasteiger partial charge in [-0.05, 0) is 111 Å². The van der Waals surface area contributed by atoms with Crippen molar-refractivity contribution in [3.05, 3.63) is 0 Å². The number of aliphatic carboxylic acids is 1. The smallest absolute Gasteiger partial charge is 0.481 e. The molecule has 0 aromatic carbocycles. The van der Waals surface area contributed by atoms with E-state index in [0.717, 1.165) is 44.9 Å². The van der Waals surface area contributed by atoms with E-state index < -0.39 is 51.4 Å². The van der Waals surface area contributed by atoms with E-state index >= 15 is 0 Å². The highest BCUT2D eigenvalue weighted by molar-refractivity contribution is 7.51. The van der Waals surface area contributed by atoms with Gasteiger partial charge in [-0.3, -0.25) is 14.2 Å². The Kier molecular flexibility index (Phi) is 11.7. The summed E-state index contributed by atoms with van der Waals surface area (Å²) < 4.78 is 31.0. The fourth-order valence-corrected chi connectivity index (χ4v) is 10.6. The van der Waals surface area contributed by atoms with Gasteiger partial charge in [-0.1, -0.05) is 20.8 Å². The molecule has 4 aliphatic carbocycles. The highest BCUT2D eigenvalue weighted by Crippen LogP contribution is 2.68. The van der Waals surface area contributed by atoms with Gasteiger partial charge in [0, 0.05) is 6.42 Å². The topological polar surface area (TPSA) is 203 Å². The number of fused-ring (bicyclic) bond motifs is 5. The Morgan fingerprint density at radius 1 is 0.957 bits per heavy atom. The van der Waals surface area contributed by atoms with E-state index in [0.29, 0.717) is 54.8 Å². The van der Waals surface area contributed by atoms with Crippen LogP contribution in [0, 0.1) is 52.3 Å². The number of Topliss-reactive ketones (excluding diaryl/α,β-unsaturated/α-hetero) is 1. The average Bonchev–Trinajstić information content (AvgIpc) is 3.33. The Labute approximate surface area is 270 Å². The number of ether oxygens (including phenoxy) is 4. The summed E-state index contributed by atoms with van der Waals surface area (Å²) in [6.45, 7) is 7.14. The van der Waals surface area contributed by atoms with Crippen LogP contribution in [0.2, 0.25) is 0 Å². The van der Waals surface area contributed by atoms with Crippen molar-refractivity contribution >= 4 is 31.5 Å². The highest BCUT2D eigenvalue weighted by Gasteiger charge is 2.63. The molecule has 13 nitrogen and oxygen atoms in total. The van der Waals surface area contributed by atoms with E-state index in [1.54, 1.807) is 6.92 Å². The molecule has 4 fully saturated rings. The predicted octanol–water partition coefficient (Wildman–Crippen LogP) is 4.50. The van der Waals surface area contributed by atoms with E-state index in [4.69, 9.17) is 29.1 Å². The van der Waals surface area contributed by atoms with E-state index in [1.165, 1.54) is 0 Å². The number of carboxylic acids is 1. The van der Waals surface area contributed by atoms with E-state index in [2.05, 4.69) is 25.5 Å². The average molecular weight is 675 g/mol. The van der Waals surface area contributed by atoms with Crippen LogP contribution in [0.15, 0.2) is 0 Å². The van der Waals surface area contributed by atoms with Gasteiger partial charge in [0.2, 0.25) is 0 Å². The Morgan fingerprint density at radius 3 is 2.30 bits per heavy atom. The van der Waals surface area contributed by atoms with Gasteiger partial charge < -0.3 is 43.7 Å². The van der Waals surface area contributed by atoms with Crippen LogP contribution in [0.4, 0.5) is 4.79 Å². The number of carbonyl (C=O) groups excluding carboxylic acids is 3. The third-order valence-corrected chi connectivity index (χ3v) is 13.1. The van der Waals surface area contributed by atoms with Crippen LogP contribution in [0.3, 0.4) is 0 Å². The fraction of sp³-hybridized carbons (Fsp3) is 0.875. The molecule has 262 valence electrons. The van der Waals surface area contributed by atoms with Gasteiger partial charge in [-0.25, -0.2) is 4.79 Å². The lowest BCUT2D eigenvalue weighted by molar-refractivity contribution is -0.179. The van der Waals surface area contributed by atoms with Crippen LogP contribution in [0.1, 0.15) is 91.9 Å². The molecule has 0 aromatic heterocycles. The molecule has 46 heavy (non-hydrogen) atoms. The Balaban J connectivity index is 1.24. The maximum Gasteiger partial charge on any atom is 0.510 e. The van der Waals surface area contributed by atoms with Gasteiger partial charge in [0.05, 0.1) is 12.3 Å². The zero-order chi connectivity index (χ0) is 34.0. The second-order valence-electron chi connectivity index (χ2n) is 14.7. The zero-order valence-electron chi connectivity index (χ0n) is 27.3. The molecule has 0 saturated heterocycles. The SMILES string of the molecule is CC(=O)CC[C@@H](C)C1CCC2C3CC[C@@H]4C[C@H](OC(=O)OCOCOC(=O)C(CP(=O)(O)O)C(=O)O)CC[C@]4(C)C3C[C@H](O)[C@@]21C. The molecule has 0 heterocycles. The van der Waals surface area contributed by atoms with Crippen LogP contribution in [0.25, 0.3) is 0 Å². The molecule has 4 N–H and O–H groups in total. The molecule has 0 amide bonds. The molecule has 5 unspecified atom stereocenters. The molecular formula is C32H51O13P. The highest BCUT2D eigenvalue weighted by atomic mass is 31.2. The number of aliphatic hydroxyl groups is 1. The number of hydrogen-bond donors (Lipinski definition) is 4. The third-order valence-electron chi connectivity index (χ3n) is 12.2. The van der Waals surface area contributed by atoms with Gasteiger partial charge in [0.25, 0.3) is 0 Å².